The molecule has 7 heteroatoms. The highest BCUT2D eigenvalue weighted by atomic mass is 79.9. The predicted molar refractivity (Wildman–Crippen MR) is 95.3 cm³/mol. The van der Waals surface area contributed by atoms with Crippen LogP contribution in [0.2, 0.25) is 0 Å². The van der Waals surface area contributed by atoms with Gasteiger partial charge in [-0.1, -0.05) is 27.2 Å². The van der Waals surface area contributed by atoms with Crippen molar-refractivity contribution in [2.75, 3.05) is 17.7 Å². The standard InChI is InChI=1S/C17H14BrN3O3/c1-23-14-7-5-11(6-8-14)15-10-16(21-24-15)20-17(22)19-13-4-2-3-12(18)9-13/h2-10H,1H3,(H2,19,20,21,22). The molecule has 2 aromatic carbocycles. The fraction of sp³-hybridized carbons (Fsp3) is 0.0588. The molecule has 0 saturated heterocycles. The van der Waals surface area contributed by atoms with E-state index >= 15 is 0 Å². The van der Waals surface area contributed by atoms with Gasteiger partial charge in [0.1, 0.15) is 5.75 Å². The summed E-state index contributed by atoms with van der Waals surface area (Å²) in [6, 6.07) is 15.9. The Kier molecular flexibility index (Phi) is 4.81. The van der Waals surface area contributed by atoms with Gasteiger partial charge in [0.15, 0.2) is 11.6 Å². The van der Waals surface area contributed by atoms with E-state index in [2.05, 4.69) is 31.7 Å². The third-order valence-electron chi connectivity index (χ3n) is 3.21. The molecular weight excluding hydrogens is 374 g/mol. The molecular formula is C17H14BrN3O3. The third kappa shape index (κ3) is 3.94. The number of methoxy groups -OCH3 is 1. The minimum Gasteiger partial charge on any atom is -0.497 e. The number of amides is 2. The molecule has 0 saturated carbocycles. The second kappa shape index (κ2) is 7.18. The Morgan fingerprint density at radius 1 is 1.12 bits per heavy atom. The summed E-state index contributed by atoms with van der Waals surface area (Å²) in [6.07, 6.45) is 0. The molecule has 0 bridgehead atoms. The van der Waals surface area contributed by atoms with Crippen LogP contribution in [0.15, 0.2) is 63.6 Å². The number of ether oxygens (including phenoxy) is 1. The summed E-state index contributed by atoms with van der Waals surface area (Å²) in [4.78, 5) is 12.0. The Hall–Kier alpha value is -2.80. The lowest BCUT2D eigenvalue weighted by molar-refractivity contribution is 0.262. The molecule has 0 fully saturated rings. The molecule has 3 aromatic rings. The number of urea groups is 1. The number of nitrogens with one attached hydrogen (secondary N) is 2. The van der Waals surface area contributed by atoms with Gasteiger partial charge in [-0.05, 0) is 42.5 Å². The lowest BCUT2D eigenvalue weighted by Crippen LogP contribution is -2.19. The predicted octanol–water partition coefficient (Wildman–Crippen LogP) is 4.76. The summed E-state index contributed by atoms with van der Waals surface area (Å²) >= 11 is 3.35. The van der Waals surface area contributed by atoms with Gasteiger partial charge < -0.3 is 14.6 Å². The van der Waals surface area contributed by atoms with Crippen LogP contribution in [0, 0.1) is 0 Å². The monoisotopic (exact) mass is 387 g/mol. The second-order valence-electron chi connectivity index (χ2n) is 4.89. The number of halogens is 1. The molecule has 0 unspecified atom stereocenters. The number of carbonyl (C=O) groups is 1. The number of carbonyl (C=O) groups excluding carboxylic acids is 1. The summed E-state index contributed by atoms with van der Waals surface area (Å²) in [7, 11) is 1.61. The van der Waals surface area contributed by atoms with Gasteiger partial charge in [-0.25, -0.2) is 4.79 Å². The van der Waals surface area contributed by atoms with E-state index in [0.717, 1.165) is 15.8 Å². The fourth-order valence-corrected chi connectivity index (χ4v) is 2.47. The first-order valence-corrected chi connectivity index (χ1v) is 7.88. The lowest BCUT2D eigenvalue weighted by atomic mass is 10.2. The number of nitrogens with zero attached hydrogens (tertiary/aromatic N) is 1. The van der Waals surface area contributed by atoms with Gasteiger partial charge in [-0.15, -0.1) is 0 Å². The summed E-state index contributed by atoms with van der Waals surface area (Å²) in [5, 5.41) is 9.19. The number of rotatable bonds is 4. The Morgan fingerprint density at radius 3 is 2.62 bits per heavy atom. The Balaban J connectivity index is 1.65. The van der Waals surface area contributed by atoms with E-state index < -0.39 is 6.03 Å². The average molecular weight is 388 g/mol. The van der Waals surface area contributed by atoms with Crippen LogP contribution in [-0.2, 0) is 0 Å². The minimum absolute atomic E-state index is 0.327. The van der Waals surface area contributed by atoms with Gasteiger partial charge in [-0.3, -0.25) is 5.32 Å². The van der Waals surface area contributed by atoms with Crippen molar-refractivity contribution in [3.8, 4) is 17.1 Å². The molecule has 0 spiro atoms. The highest BCUT2D eigenvalue weighted by Gasteiger charge is 2.10. The molecule has 0 radical (unpaired) electrons. The first-order chi connectivity index (χ1) is 11.6. The van der Waals surface area contributed by atoms with Crippen LogP contribution in [0.4, 0.5) is 16.3 Å². The second-order valence-corrected chi connectivity index (χ2v) is 5.81. The molecule has 24 heavy (non-hydrogen) atoms. The summed E-state index contributed by atoms with van der Waals surface area (Å²) < 4.78 is 11.2. The molecule has 2 amide bonds. The molecule has 0 aliphatic heterocycles. The summed E-state index contributed by atoms with van der Waals surface area (Å²) in [6.45, 7) is 0. The molecule has 122 valence electrons. The largest absolute Gasteiger partial charge is 0.497 e. The quantitative estimate of drug-likeness (QED) is 0.676. The van der Waals surface area contributed by atoms with Crippen LogP contribution >= 0.6 is 15.9 Å². The van der Waals surface area contributed by atoms with Crippen molar-refractivity contribution in [2.45, 2.75) is 0 Å². The van der Waals surface area contributed by atoms with Crippen molar-refractivity contribution < 1.29 is 14.1 Å². The highest BCUT2D eigenvalue weighted by molar-refractivity contribution is 9.10. The summed E-state index contributed by atoms with van der Waals surface area (Å²) in [5.74, 6) is 1.63. The van der Waals surface area contributed by atoms with E-state index in [1.54, 1.807) is 25.3 Å². The molecule has 6 nitrogen and oxygen atoms in total. The molecule has 0 aliphatic rings. The van der Waals surface area contributed by atoms with E-state index in [4.69, 9.17) is 9.26 Å². The number of aromatic nitrogens is 1. The van der Waals surface area contributed by atoms with E-state index in [1.807, 2.05) is 36.4 Å². The van der Waals surface area contributed by atoms with Crippen molar-refractivity contribution in [1.29, 1.82) is 0 Å². The topological polar surface area (TPSA) is 76.4 Å². The number of benzene rings is 2. The van der Waals surface area contributed by atoms with Gasteiger partial charge in [-0.2, -0.15) is 0 Å². The van der Waals surface area contributed by atoms with Crippen LogP contribution in [0.1, 0.15) is 0 Å². The number of hydrogen-bond donors (Lipinski definition) is 2. The van der Waals surface area contributed by atoms with Crippen molar-refractivity contribution in [3.63, 3.8) is 0 Å². The molecule has 1 heterocycles. The Morgan fingerprint density at radius 2 is 1.92 bits per heavy atom. The maximum absolute atomic E-state index is 12.0. The van der Waals surface area contributed by atoms with E-state index in [0.29, 0.717) is 17.3 Å². The van der Waals surface area contributed by atoms with E-state index in [-0.39, 0.29) is 0 Å². The zero-order chi connectivity index (χ0) is 16.9. The third-order valence-corrected chi connectivity index (χ3v) is 3.70. The van der Waals surface area contributed by atoms with Gasteiger partial charge >= 0.3 is 6.03 Å². The van der Waals surface area contributed by atoms with Gasteiger partial charge in [0.25, 0.3) is 0 Å². The van der Waals surface area contributed by atoms with E-state index in [9.17, 15) is 4.79 Å². The zero-order valence-corrected chi connectivity index (χ0v) is 14.3. The Bertz CT molecular complexity index is 846. The number of anilines is 2. The molecule has 3 rings (SSSR count). The normalized spacial score (nSPS) is 10.2. The fourth-order valence-electron chi connectivity index (χ4n) is 2.07. The van der Waals surface area contributed by atoms with Crippen LogP contribution < -0.4 is 15.4 Å². The van der Waals surface area contributed by atoms with Gasteiger partial charge in [0.2, 0.25) is 0 Å². The van der Waals surface area contributed by atoms with Crippen LogP contribution in [0.3, 0.4) is 0 Å². The van der Waals surface area contributed by atoms with Crippen molar-refractivity contribution in [2.24, 2.45) is 0 Å². The van der Waals surface area contributed by atoms with Crippen molar-refractivity contribution >= 4 is 33.5 Å². The van der Waals surface area contributed by atoms with Gasteiger partial charge in [0.05, 0.1) is 7.11 Å². The highest BCUT2D eigenvalue weighted by Crippen LogP contribution is 2.24. The minimum atomic E-state index is -0.400. The maximum Gasteiger partial charge on any atom is 0.324 e. The zero-order valence-electron chi connectivity index (χ0n) is 12.7. The molecule has 0 aliphatic carbocycles. The van der Waals surface area contributed by atoms with Crippen LogP contribution in [-0.4, -0.2) is 18.3 Å². The molecule has 0 atom stereocenters. The van der Waals surface area contributed by atoms with Crippen molar-refractivity contribution in [3.05, 3.63) is 59.1 Å². The van der Waals surface area contributed by atoms with Gasteiger partial charge in [0, 0.05) is 21.8 Å². The van der Waals surface area contributed by atoms with Crippen LogP contribution in [0.5, 0.6) is 5.75 Å². The molecule has 1 aromatic heterocycles. The van der Waals surface area contributed by atoms with Crippen LogP contribution in [0.25, 0.3) is 11.3 Å². The summed E-state index contributed by atoms with van der Waals surface area (Å²) in [5.41, 5.74) is 1.50. The lowest BCUT2D eigenvalue weighted by Gasteiger charge is -2.05. The molecule has 2 N–H and O–H groups in total. The average Bonchev–Trinajstić information content (AvgIpc) is 3.03. The first-order valence-electron chi connectivity index (χ1n) is 7.09. The number of hydrogen-bond acceptors (Lipinski definition) is 4. The SMILES string of the molecule is COc1ccc(-c2cc(NC(=O)Nc3cccc(Br)c3)no2)cc1. The maximum atomic E-state index is 12.0. The first kappa shape index (κ1) is 16.1. The smallest absolute Gasteiger partial charge is 0.324 e. The Labute approximate surface area is 146 Å². The van der Waals surface area contributed by atoms with E-state index in [1.165, 1.54) is 0 Å². The van der Waals surface area contributed by atoms with Crippen molar-refractivity contribution in [1.82, 2.24) is 5.16 Å².